The fourth-order valence-electron chi connectivity index (χ4n) is 2.82. The van der Waals surface area contributed by atoms with E-state index in [1.807, 2.05) is 18.2 Å². The maximum atomic E-state index is 12.6. The van der Waals surface area contributed by atoms with E-state index in [-0.39, 0.29) is 11.3 Å². The quantitative estimate of drug-likeness (QED) is 0.905. The van der Waals surface area contributed by atoms with E-state index < -0.39 is 0 Å². The molecule has 1 fully saturated rings. The van der Waals surface area contributed by atoms with E-state index in [0.717, 1.165) is 25.7 Å². The fourth-order valence-corrected chi connectivity index (χ4v) is 2.82. The second kappa shape index (κ2) is 5.56. The lowest BCUT2D eigenvalue weighted by molar-refractivity contribution is -0.130. The molecule has 0 aliphatic heterocycles. The summed E-state index contributed by atoms with van der Waals surface area (Å²) in [6.07, 6.45) is 5.39. The molecule has 3 N–H and O–H groups in total. The first-order valence-corrected chi connectivity index (χ1v) is 7.25. The number of aromatic nitrogens is 1. The molecular formula is C17H19N3O. The van der Waals surface area contributed by atoms with E-state index in [0.29, 0.717) is 11.5 Å². The van der Waals surface area contributed by atoms with Gasteiger partial charge in [-0.1, -0.05) is 36.8 Å². The summed E-state index contributed by atoms with van der Waals surface area (Å²) in [6, 6.07) is 13.7. The van der Waals surface area contributed by atoms with Crippen molar-refractivity contribution in [1.29, 1.82) is 0 Å². The molecule has 0 radical (unpaired) electrons. The van der Waals surface area contributed by atoms with Gasteiger partial charge in [0.05, 0.1) is 17.3 Å². The van der Waals surface area contributed by atoms with Crippen molar-refractivity contribution >= 4 is 17.4 Å². The van der Waals surface area contributed by atoms with E-state index in [4.69, 9.17) is 5.73 Å². The van der Waals surface area contributed by atoms with Crippen LogP contribution in [0.4, 0.5) is 11.5 Å². The van der Waals surface area contributed by atoms with Gasteiger partial charge in [0.25, 0.3) is 0 Å². The van der Waals surface area contributed by atoms with Gasteiger partial charge in [0.2, 0.25) is 5.91 Å². The Kier molecular flexibility index (Phi) is 3.60. The Morgan fingerprint density at radius 2 is 1.95 bits per heavy atom. The minimum absolute atomic E-state index is 0.0872. The number of nitrogen functional groups attached to an aromatic ring is 1. The largest absolute Gasteiger partial charge is 0.384 e. The Labute approximate surface area is 124 Å². The number of amides is 1. The molecule has 1 aromatic heterocycles. The van der Waals surface area contributed by atoms with Crippen LogP contribution in [0.2, 0.25) is 0 Å². The first-order chi connectivity index (χ1) is 10.2. The molecule has 1 aliphatic carbocycles. The molecule has 1 amide bonds. The summed E-state index contributed by atoms with van der Waals surface area (Å²) in [6.45, 7) is 0. The van der Waals surface area contributed by atoms with Gasteiger partial charge in [0, 0.05) is 0 Å². The summed E-state index contributed by atoms with van der Waals surface area (Å²) in [5.41, 5.74) is 7.20. The number of hydrogen-bond donors (Lipinski definition) is 2. The van der Waals surface area contributed by atoms with E-state index >= 15 is 0 Å². The van der Waals surface area contributed by atoms with Crippen LogP contribution in [0.5, 0.6) is 0 Å². The summed E-state index contributed by atoms with van der Waals surface area (Å²) in [4.78, 5) is 16.6. The zero-order valence-corrected chi connectivity index (χ0v) is 11.9. The third-order valence-electron chi connectivity index (χ3n) is 4.22. The van der Waals surface area contributed by atoms with Crippen LogP contribution in [0.3, 0.4) is 0 Å². The predicted molar refractivity (Wildman–Crippen MR) is 83.7 cm³/mol. The Morgan fingerprint density at radius 1 is 1.19 bits per heavy atom. The summed E-state index contributed by atoms with van der Waals surface area (Å²) in [5.74, 6) is 0.541. The minimum atomic E-state index is -0.275. The van der Waals surface area contributed by atoms with Crippen molar-refractivity contribution in [1.82, 2.24) is 4.98 Å². The number of benzene rings is 1. The zero-order chi connectivity index (χ0) is 14.7. The summed E-state index contributed by atoms with van der Waals surface area (Å²) in [7, 11) is 0. The molecule has 21 heavy (non-hydrogen) atoms. The number of hydrogen-bond acceptors (Lipinski definition) is 3. The van der Waals surface area contributed by atoms with Gasteiger partial charge in [-0.25, -0.2) is 4.98 Å². The Bertz CT molecular complexity index is 618. The van der Waals surface area contributed by atoms with Gasteiger partial charge >= 0.3 is 0 Å². The second-order valence-corrected chi connectivity index (χ2v) is 5.72. The number of rotatable bonds is 4. The van der Waals surface area contributed by atoms with E-state index in [9.17, 15) is 4.79 Å². The molecule has 1 heterocycles. The van der Waals surface area contributed by atoms with Gasteiger partial charge < -0.3 is 11.1 Å². The van der Waals surface area contributed by atoms with Crippen LogP contribution in [-0.4, -0.2) is 10.9 Å². The molecule has 1 aromatic carbocycles. The highest BCUT2D eigenvalue weighted by Crippen LogP contribution is 2.44. The highest BCUT2D eigenvalue weighted by atomic mass is 16.2. The topological polar surface area (TPSA) is 68.0 Å². The number of nitrogens with zero attached hydrogens (tertiary/aromatic N) is 1. The van der Waals surface area contributed by atoms with Gasteiger partial charge in [0.1, 0.15) is 5.82 Å². The molecule has 4 heteroatoms. The molecule has 4 nitrogen and oxygen atoms in total. The first-order valence-electron chi connectivity index (χ1n) is 7.25. The van der Waals surface area contributed by atoms with Gasteiger partial charge in [-0.2, -0.15) is 0 Å². The monoisotopic (exact) mass is 281 g/mol. The maximum Gasteiger partial charge on any atom is 0.230 e. The number of nitrogens with one attached hydrogen (secondary N) is 1. The molecule has 0 spiro atoms. The highest BCUT2D eigenvalue weighted by Gasteiger charge is 2.43. The number of nitrogens with two attached hydrogens (primary N) is 1. The lowest BCUT2D eigenvalue weighted by atomic mass is 9.64. The average Bonchev–Trinajstić information content (AvgIpc) is 2.46. The average molecular weight is 281 g/mol. The molecule has 0 unspecified atom stereocenters. The van der Waals surface area contributed by atoms with Crippen molar-refractivity contribution in [2.45, 2.75) is 25.7 Å². The molecule has 108 valence electrons. The van der Waals surface area contributed by atoms with Crippen LogP contribution in [0.25, 0.3) is 0 Å². The van der Waals surface area contributed by atoms with Crippen LogP contribution in [0.15, 0.2) is 48.7 Å². The van der Waals surface area contributed by atoms with Crippen LogP contribution in [-0.2, 0) is 11.2 Å². The van der Waals surface area contributed by atoms with Crippen LogP contribution >= 0.6 is 0 Å². The number of pyridine rings is 1. The van der Waals surface area contributed by atoms with Crippen molar-refractivity contribution in [3.63, 3.8) is 0 Å². The van der Waals surface area contributed by atoms with Crippen molar-refractivity contribution in [3.05, 3.63) is 54.2 Å². The van der Waals surface area contributed by atoms with Crippen molar-refractivity contribution in [2.24, 2.45) is 5.41 Å². The maximum absolute atomic E-state index is 12.6. The third-order valence-corrected chi connectivity index (χ3v) is 4.22. The highest BCUT2D eigenvalue weighted by molar-refractivity contribution is 5.96. The van der Waals surface area contributed by atoms with Gasteiger partial charge in [0.15, 0.2) is 0 Å². The second-order valence-electron chi connectivity index (χ2n) is 5.72. The Morgan fingerprint density at radius 3 is 2.52 bits per heavy atom. The van der Waals surface area contributed by atoms with Gasteiger partial charge in [-0.3, -0.25) is 4.79 Å². The normalized spacial score (nSPS) is 16.0. The molecular weight excluding hydrogens is 262 g/mol. The van der Waals surface area contributed by atoms with E-state index in [2.05, 4.69) is 22.4 Å². The molecule has 1 saturated carbocycles. The fraction of sp³-hybridized carbons (Fsp3) is 0.294. The van der Waals surface area contributed by atoms with Gasteiger partial charge in [-0.05, 0) is 37.0 Å². The summed E-state index contributed by atoms with van der Waals surface area (Å²) in [5, 5.41) is 2.98. The van der Waals surface area contributed by atoms with Crippen LogP contribution in [0, 0.1) is 5.41 Å². The SMILES string of the molecule is Nc1ccc(NC(=O)C2(Cc3ccccc3)CCC2)cn1. The Balaban J connectivity index is 1.73. The standard InChI is InChI=1S/C17H19N3O/c18-15-8-7-14(12-19-15)20-16(21)17(9-4-10-17)11-13-5-2-1-3-6-13/h1-3,5-8,12H,4,9-11H2,(H2,18,19)(H,20,21). The molecule has 0 saturated heterocycles. The third kappa shape index (κ3) is 2.89. The van der Waals surface area contributed by atoms with E-state index in [1.54, 1.807) is 18.3 Å². The zero-order valence-electron chi connectivity index (χ0n) is 11.9. The predicted octanol–water partition coefficient (Wildman–Crippen LogP) is 3.02. The molecule has 1 aliphatic rings. The summed E-state index contributed by atoms with van der Waals surface area (Å²) >= 11 is 0. The lowest BCUT2D eigenvalue weighted by Gasteiger charge is -2.40. The molecule has 2 aromatic rings. The number of carbonyl (C=O) groups is 1. The van der Waals surface area contributed by atoms with Gasteiger partial charge in [-0.15, -0.1) is 0 Å². The van der Waals surface area contributed by atoms with Crippen molar-refractivity contribution in [3.8, 4) is 0 Å². The molecule has 0 atom stereocenters. The van der Waals surface area contributed by atoms with Crippen molar-refractivity contribution in [2.75, 3.05) is 11.1 Å². The Hall–Kier alpha value is -2.36. The first kappa shape index (κ1) is 13.6. The van der Waals surface area contributed by atoms with E-state index in [1.165, 1.54) is 5.56 Å². The minimum Gasteiger partial charge on any atom is -0.384 e. The van der Waals surface area contributed by atoms with Crippen LogP contribution < -0.4 is 11.1 Å². The number of carbonyl (C=O) groups excluding carboxylic acids is 1. The smallest absolute Gasteiger partial charge is 0.230 e. The lowest BCUT2D eigenvalue weighted by Crippen LogP contribution is -2.43. The van der Waals surface area contributed by atoms with Crippen LogP contribution in [0.1, 0.15) is 24.8 Å². The van der Waals surface area contributed by atoms with Crippen molar-refractivity contribution < 1.29 is 4.79 Å². The molecule has 3 rings (SSSR count). The molecule has 0 bridgehead atoms. The summed E-state index contributed by atoms with van der Waals surface area (Å²) < 4.78 is 0. The number of anilines is 2.